The van der Waals surface area contributed by atoms with Crippen LogP contribution in [0.15, 0.2) is 47.9 Å². The molecule has 0 aliphatic carbocycles. The molecule has 3 rings (SSSR count). The van der Waals surface area contributed by atoms with Crippen LogP contribution in [0.4, 0.5) is 5.82 Å². The van der Waals surface area contributed by atoms with Crippen molar-refractivity contribution >= 4 is 5.82 Å². The highest BCUT2D eigenvalue weighted by atomic mass is 16.5. The van der Waals surface area contributed by atoms with E-state index in [1.165, 1.54) is 11.0 Å². The van der Waals surface area contributed by atoms with Gasteiger partial charge in [0.15, 0.2) is 5.82 Å². The van der Waals surface area contributed by atoms with Crippen LogP contribution in [0.1, 0.15) is 20.3 Å². The first-order chi connectivity index (χ1) is 13.1. The highest BCUT2D eigenvalue weighted by Crippen LogP contribution is 2.14. The fraction of sp³-hybridized carbons (Fsp3) is 0.368. The molecule has 0 saturated heterocycles. The molecule has 142 valence electrons. The normalized spacial score (nSPS) is 11.1. The van der Waals surface area contributed by atoms with Gasteiger partial charge in [-0.2, -0.15) is 0 Å². The number of nitrogens with one attached hydrogen (secondary N) is 2. The first kappa shape index (κ1) is 18.8. The Kier molecular flexibility index (Phi) is 6.32. The number of aromatic nitrogens is 5. The first-order valence-electron chi connectivity index (χ1n) is 9.00. The average molecular weight is 368 g/mol. The van der Waals surface area contributed by atoms with Crippen LogP contribution in [0, 0.1) is 5.92 Å². The van der Waals surface area contributed by atoms with Crippen molar-refractivity contribution in [3.63, 3.8) is 0 Å². The Labute approximate surface area is 157 Å². The van der Waals surface area contributed by atoms with Gasteiger partial charge in [-0.15, -0.1) is 0 Å². The summed E-state index contributed by atoms with van der Waals surface area (Å²) < 4.78 is 6.95. The molecule has 0 radical (unpaired) electrons. The minimum absolute atomic E-state index is 0.185. The standard InChI is InChI=1S/C19H24N6O2/c1-14(2)12-27-8-4-7-21-17-9-18(23-13-22-17)25-19(26)16(11-24-25)15-5-3-6-20-10-15/h3,5-6,9-11,13-14,24H,4,7-8,12H2,1-2H3,(H,21,22,23). The number of ether oxygens (including phenoxy) is 1. The Balaban J connectivity index is 1.64. The summed E-state index contributed by atoms with van der Waals surface area (Å²) >= 11 is 0. The molecule has 0 amide bonds. The minimum atomic E-state index is -0.185. The van der Waals surface area contributed by atoms with E-state index in [4.69, 9.17) is 4.74 Å². The Morgan fingerprint density at radius 1 is 1.33 bits per heavy atom. The number of anilines is 1. The summed E-state index contributed by atoms with van der Waals surface area (Å²) in [5.41, 5.74) is 1.11. The number of hydrogen-bond acceptors (Lipinski definition) is 6. The van der Waals surface area contributed by atoms with Gasteiger partial charge in [0.25, 0.3) is 5.56 Å². The van der Waals surface area contributed by atoms with Crippen molar-refractivity contribution in [1.82, 2.24) is 24.7 Å². The molecule has 0 spiro atoms. The maximum Gasteiger partial charge on any atom is 0.280 e. The van der Waals surface area contributed by atoms with Crippen LogP contribution in [0.5, 0.6) is 0 Å². The summed E-state index contributed by atoms with van der Waals surface area (Å²) in [5, 5.41) is 6.18. The highest BCUT2D eigenvalue weighted by Gasteiger charge is 2.11. The number of aromatic amines is 1. The molecule has 8 heteroatoms. The topological polar surface area (TPSA) is 97.7 Å². The molecule has 27 heavy (non-hydrogen) atoms. The molecule has 0 saturated carbocycles. The van der Waals surface area contributed by atoms with Crippen molar-refractivity contribution in [3.8, 4) is 16.9 Å². The Hall–Kier alpha value is -3.00. The number of rotatable bonds is 9. The zero-order valence-electron chi connectivity index (χ0n) is 15.6. The fourth-order valence-corrected chi connectivity index (χ4v) is 2.54. The SMILES string of the molecule is CC(C)COCCCNc1cc(-n2[nH]cc(-c3cccnc3)c2=O)ncn1. The fourth-order valence-electron chi connectivity index (χ4n) is 2.54. The lowest BCUT2D eigenvalue weighted by Crippen LogP contribution is -2.17. The van der Waals surface area contributed by atoms with Crippen LogP contribution in [-0.4, -0.2) is 44.5 Å². The Morgan fingerprint density at radius 3 is 3.00 bits per heavy atom. The molecule has 3 aromatic rings. The van der Waals surface area contributed by atoms with Crippen LogP contribution >= 0.6 is 0 Å². The molecular weight excluding hydrogens is 344 g/mol. The predicted octanol–water partition coefficient (Wildman–Crippen LogP) is 2.49. The third-order valence-electron chi connectivity index (χ3n) is 3.85. The summed E-state index contributed by atoms with van der Waals surface area (Å²) in [7, 11) is 0. The zero-order valence-corrected chi connectivity index (χ0v) is 15.6. The van der Waals surface area contributed by atoms with Gasteiger partial charge in [0.1, 0.15) is 12.1 Å². The van der Waals surface area contributed by atoms with E-state index in [1.807, 2.05) is 6.07 Å². The van der Waals surface area contributed by atoms with E-state index < -0.39 is 0 Å². The van der Waals surface area contributed by atoms with Gasteiger partial charge in [-0.3, -0.25) is 14.9 Å². The molecule has 3 heterocycles. The summed E-state index contributed by atoms with van der Waals surface area (Å²) in [6, 6.07) is 5.37. The van der Waals surface area contributed by atoms with Gasteiger partial charge in [-0.05, 0) is 18.4 Å². The minimum Gasteiger partial charge on any atom is -0.381 e. The second kappa shape index (κ2) is 9.09. The quantitative estimate of drug-likeness (QED) is 0.563. The van der Waals surface area contributed by atoms with Crippen LogP contribution in [-0.2, 0) is 4.74 Å². The van der Waals surface area contributed by atoms with Crippen molar-refractivity contribution in [2.45, 2.75) is 20.3 Å². The molecule has 0 atom stereocenters. The lowest BCUT2D eigenvalue weighted by atomic mass is 10.2. The van der Waals surface area contributed by atoms with Crippen LogP contribution in [0.3, 0.4) is 0 Å². The number of pyridine rings is 1. The van der Waals surface area contributed by atoms with Gasteiger partial charge in [0.05, 0.1) is 5.56 Å². The van der Waals surface area contributed by atoms with Crippen molar-refractivity contribution in [2.24, 2.45) is 5.92 Å². The van der Waals surface area contributed by atoms with E-state index in [1.54, 1.807) is 30.7 Å². The van der Waals surface area contributed by atoms with E-state index in [0.29, 0.717) is 29.7 Å². The van der Waals surface area contributed by atoms with E-state index in [9.17, 15) is 4.79 Å². The summed E-state index contributed by atoms with van der Waals surface area (Å²) in [5.74, 6) is 1.68. The van der Waals surface area contributed by atoms with Crippen LogP contribution in [0.25, 0.3) is 16.9 Å². The smallest absolute Gasteiger partial charge is 0.280 e. The van der Waals surface area contributed by atoms with Crippen molar-refractivity contribution in [3.05, 3.63) is 53.5 Å². The lowest BCUT2D eigenvalue weighted by Gasteiger charge is -2.08. The van der Waals surface area contributed by atoms with E-state index in [-0.39, 0.29) is 5.56 Å². The molecule has 0 aliphatic rings. The monoisotopic (exact) mass is 368 g/mol. The highest BCUT2D eigenvalue weighted by molar-refractivity contribution is 5.60. The second-order valence-corrected chi connectivity index (χ2v) is 6.58. The average Bonchev–Trinajstić information content (AvgIpc) is 3.07. The molecule has 0 aromatic carbocycles. The molecule has 0 aliphatic heterocycles. The van der Waals surface area contributed by atoms with Gasteiger partial charge >= 0.3 is 0 Å². The first-order valence-corrected chi connectivity index (χ1v) is 9.00. The van der Waals surface area contributed by atoms with Crippen molar-refractivity contribution in [2.75, 3.05) is 25.1 Å². The van der Waals surface area contributed by atoms with Gasteiger partial charge in [-0.1, -0.05) is 19.9 Å². The predicted molar refractivity (Wildman–Crippen MR) is 104 cm³/mol. The van der Waals surface area contributed by atoms with Gasteiger partial charge in [-0.25, -0.2) is 14.6 Å². The summed E-state index contributed by atoms with van der Waals surface area (Å²) in [4.78, 5) is 25.1. The van der Waals surface area contributed by atoms with Crippen LogP contribution < -0.4 is 10.9 Å². The molecule has 3 aromatic heterocycles. The Morgan fingerprint density at radius 2 is 2.22 bits per heavy atom. The molecule has 0 fully saturated rings. The largest absolute Gasteiger partial charge is 0.381 e. The molecule has 8 nitrogen and oxygen atoms in total. The maximum atomic E-state index is 12.7. The van der Waals surface area contributed by atoms with E-state index in [2.05, 4.69) is 39.2 Å². The van der Waals surface area contributed by atoms with Gasteiger partial charge in [0.2, 0.25) is 0 Å². The number of hydrogen-bond donors (Lipinski definition) is 2. The number of H-pyrrole nitrogens is 1. The van der Waals surface area contributed by atoms with Crippen LogP contribution in [0.2, 0.25) is 0 Å². The molecule has 0 unspecified atom stereocenters. The molecule has 2 N–H and O–H groups in total. The van der Waals surface area contributed by atoms with Gasteiger partial charge < -0.3 is 10.1 Å². The lowest BCUT2D eigenvalue weighted by molar-refractivity contribution is 0.110. The van der Waals surface area contributed by atoms with Crippen molar-refractivity contribution < 1.29 is 4.74 Å². The van der Waals surface area contributed by atoms with Crippen molar-refractivity contribution in [1.29, 1.82) is 0 Å². The third-order valence-corrected chi connectivity index (χ3v) is 3.85. The maximum absolute atomic E-state index is 12.7. The summed E-state index contributed by atoms with van der Waals surface area (Å²) in [6.07, 6.45) is 7.29. The molecular formula is C19H24N6O2. The number of nitrogens with zero attached hydrogens (tertiary/aromatic N) is 4. The molecule has 0 bridgehead atoms. The van der Waals surface area contributed by atoms with E-state index in [0.717, 1.165) is 25.1 Å². The Bertz CT molecular complexity index is 904. The van der Waals surface area contributed by atoms with E-state index >= 15 is 0 Å². The summed E-state index contributed by atoms with van der Waals surface area (Å²) in [6.45, 7) is 6.46. The van der Waals surface area contributed by atoms with Gasteiger partial charge in [0, 0.05) is 50.0 Å². The third kappa shape index (κ3) is 5.01. The second-order valence-electron chi connectivity index (χ2n) is 6.58. The zero-order chi connectivity index (χ0) is 19.1.